The number of likely N-dealkylation sites (tertiary alicyclic amines) is 1. The van der Waals surface area contributed by atoms with E-state index >= 15 is 0 Å². The van der Waals surface area contributed by atoms with Crippen LogP contribution in [0.3, 0.4) is 0 Å². The third kappa shape index (κ3) is 5.30. The number of carbonyl (C=O) groups excluding carboxylic acids is 1. The van der Waals surface area contributed by atoms with Gasteiger partial charge in [-0.1, -0.05) is 81.4 Å². The third-order valence-corrected chi connectivity index (χ3v) is 6.06. The average Bonchev–Trinajstić information content (AvgIpc) is 2.77. The minimum atomic E-state index is -0.946. The molecular formula is C26H36N2O2. The van der Waals surface area contributed by atoms with Crippen molar-refractivity contribution in [1.29, 1.82) is 0 Å². The number of hydrogen-bond acceptors (Lipinski definition) is 3. The molecule has 4 heteroatoms. The van der Waals surface area contributed by atoms with E-state index < -0.39 is 5.60 Å². The summed E-state index contributed by atoms with van der Waals surface area (Å²) in [5.41, 5.74) is 1.33. The van der Waals surface area contributed by atoms with E-state index in [4.69, 9.17) is 4.74 Å². The number of carbonyl (C=O) groups is 1. The minimum absolute atomic E-state index is 0.00124. The van der Waals surface area contributed by atoms with Gasteiger partial charge in [-0.15, -0.1) is 0 Å². The molecule has 0 aliphatic carbocycles. The second-order valence-electron chi connectivity index (χ2n) is 8.61. The van der Waals surface area contributed by atoms with Crippen LogP contribution in [0.25, 0.3) is 0 Å². The number of benzene rings is 2. The standard InChI is InChI=1S/C26H36N2O2/c1-4-19-30-26(21(2)3,23-13-9-6-10-14-23)25(29)27-24-15-17-28(18-16-24)20-22-11-7-5-8-12-22/h5-14,21,24H,4,15-20H2,1-3H3,(H,27,29). The third-order valence-electron chi connectivity index (χ3n) is 6.06. The van der Waals surface area contributed by atoms with Gasteiger partial charge in [0.25, 0.3) is 5.91 Å². The molecule has 4 nitrogen and oxygen atoms in total. The largest absolute Gasteiger partial charge is 0.360 e. The number of amides is 1. The predicted molar refractivity (Wildman–Crippen MR) is 122 cm³/mol. The van der Waals surface area contributed by atoms with Crippen LogP contribution >= 0.6 is 0 Å². The lowest BCUT2D eigenvalue weighted by Crippen LogP contribution is -2.54. The fourth-order valence-corrected chi connectivity index (χ4v) is 4.36. The Morgan fingerprint density at radius 3 is 2.23 bits per heavy atom. The molecule has 3 rings (SSSR count). The SMILES string of the molecule is CCCOC(C(=O)NC1CCN(Cc2ccccc2)CC1)(c1ccccc1)C(C)C. The quantitative estimate of drug-likeness (QED) is 0.651. The van der Waals surface area contributed by atoms with Crippen molar-refractivity contribution >= 4 is 5.91 Å². The van der Waals surface area contributed by atoms with Crippen LogP contribution in [0.1, 0.15) is 51.2 Å². The smallest absolute Gasteiger partial charge is 0.257 e. The Kier molecular flexibility index (Phi) is 8.06. The van der Waals surface area contributed by atoms with E-state index in [-0.39, 0.29) is 17.9 Å². The molecule has 1 unspecified atom stereocenters. The second kappa shape index (κ2) is 10.7. The Hall–Kier alpha value is -2.17. The van der Waals surface area contributed by atoms with E-state index in [1.165, 1.54) is 5.56 Å². The van der Waals surface area contributed by atoms with Crippen molar-refractivity contribution < 1.29 is 9.53 Å². The van der Waals surface area contributed by atoms with Crippen molar-refractivity contribution in [1.82, 2.24) is 10.2 Å². The zero-order valence-corrected chi connectivity index (χ0v) is 18.6. The first kappa shape index (κ1) is 22.5. The highest BCUT2D eigenvalue weighted by Crippen LogP contribution is 2.35. The summed E-state index contributed by atoms with van der Waals surface area (Å²) in [4.78, 5) is 16.1. The van der Waals surface area contributed by atoms with Crippen LogP contribution in [-0.2, 0) is 21.7 Å². The Bertz CT molecular complexity index is 770. The van der Waals surface area contributed by atoms with Crippen LogP contribution < -0.4 is 5.32 Å². The van der Waals surface area contributed by atoms with Gasteiger partial charge in [0.2, 0.25) is 0 Å². The maximum atomic E-state index is 13.6. The highest BCUT2D eigenvalue weighted by molar-refractivity contribution is 5.87. The van der Waals surface area contributed by atoms with Crippen molar-refractivity contribution in [2.24, 2.45) is 5.92 Å². The van der Waals surface area contributed by atoms with Gasteiger partial charge < -0.3 is 10.1 Å². The Balaban J connectivity index is 1.66. The zero-order chi connectivity index (χ0) is 21.4. The Morgan fingerprint density at radius 1 is 1.07 bits per heavy atom. The molecule has 2 aromatic rings. The molecule has 0 spiro atoms. The maximum absolute atomic E-state index is 13.6. The lowest BCUT2D eigenvalue weighted by molar-refractivity contribution is -0.158. The molecule has 1 amide bonds. The van der Waals surface area contributed by atoms with Gasteiger partial charge in [0.1, 0.15) is 0 Å². The van der Waals surface area contributed by atoms with E-state index in [2.05, 4.69) is 61.3 Å². The average molecular weight is 409 g/mol. The summed E-state index contributed by atoms with van der Waals surface area (Å²) in [5, 5.41) is 3.34. The Labute approximate surface area is 181 Å². The maximum Gasteiger partial charge on any atom is 0.257 e. The fraction of sp³-hybridized carbons (Fsp3) is 0.500. The molecular weight excluding hydrogens is 372 g/mol. The number of ether oxygens (including phenoxy) is 1. The lowest BCUT2D eigenvalue weighted by atomic mass is 9.81. The van der Waals surface area contributed by atoms with Crippen molar-refractivity contribution in [3.8, 4) is 0 Å². The van der Waals surface area contributed by atoms with Gasteiger partial charge in [-0.25, -0.2) is 0 Å². The van der Waals surface area contributed by atoms with Gasteiger partial charge in [0.05, 0.1) is 0 Å². The predicted octanol–water partition coefficient (Wildman–Crippen LogP) is 4.75. The molecule has 1 N–H and O–H groups in total. The van der Waals surface area contributed by atoms with Crippen LogP contribution in [0.15, 0.2) is 60.7 Å². The summed E-state index contributed by atoms with van der Waals surface area (Å²) < 4.78 is 6.31. The van der Waals surface area contributed by atoms with Gasteiger partial charge in [-0.3, -0.25) is 9.69 Å². The molecule has 162 valence electrons. The van der Waals surface area contributed by atoms with Crippen LogP contribution in [0.4, 0.5) is 0 Å². The van der Waals surface area contributed by atoms with Gasteiger partial charge >= 0.3 is 0 Å². The molecule has 30 heavy (non-hydrogen) atoms. The van der Waals surface area contributed by atoms with Gasteiger partial charge in [0.15, 0.2) is 5.60 Å². The molecule has 0 radical (unpaired) electrons. The summed E-state index contributed by atoms with van der Waals surface area (Å²) in [6.07, 6.45) is 2.82. The summed E-state index contributed by atoms with van der Waals surface area (Å²) in [7, 11) is 0. The molecule has 1 aliphatic heterocycles. The first-order valence-electron chi connectivity index (χ1n) is 11.3. The van der Waals surface area contributed by atoms with Crippen LogP contribution in [0.2, 0.25) is 0 Å². The van der Waals surface area contributed by atoms with Gasteiger partial charge in [-0.05, 0) is 36.3 Å². The fourth-order valence-electron chi connectivity index (χ4n) is 4.36. The van der Waals surface area contributed by atoms with Crippen LogP contribution in [0, 0.1) is 5.92 Å². The molecule has 0 aromatic heterocycles. The number of nitrogens with one attached hydrogen (secondary N) is 1. The zero-order valence-electron chi connectivity index (χ0n) is 18.6. The highest BCUT2D eigenvalue weighted by atomic mass is 16.5. The van der Waals surface area contributed by atoms with E-state index in [1.54, 1.807) is 0 Å². The van der Waals surface area contributed by atoms with E-state index in [9.17, 15) is 4.79 Å². The van der Waals surface area contributed by atoms with Crippen molar-refractivity contribution in [2.45, 2.75) is 58.2 Å². The molecule has 1 heterocycles. The summed E-state index contributed by atoms with van der Waals surface area (Å²) in [6.45, 7) is 9.76. The molecule has 1 fully saturated rings. The molecule has 2 aromatic carbocycles. The first-order chi connectivity index (χ1) is 14.6. The van der Waals surface area contributed by atoms with Gasteiger partial charge in [-0.2, -0.15) is 0 Å². The van der Waals surface area contributed by atoms with E-state index in [0.717, 1.165) is 44.5 Å². The number of nitrogens with zero attached hydrogens (tertiary/aromatic N) is 1. The van der Waals surface area contributed by atoms with Crippen LogP contribution in [0.5, 0.6) is 0 Å². The lowest BCUT2D eigenvalue weighted by Gasteiger charge is -2.39. The monoisotopic (exact) mass is 408 g/mol. The molecule has 0 bridgehead atoms. The van der Waals surface area contributed by atoms with Crippen LogP contribution in [-0.4, -0.2) is 36.5 Å². The molecule has 1 aliphatic rings. The molecule has 0 saturated carbocycles. The second-order valence-corrected chi connectivity index (χ2v) is 8.61. The summed E-state index contributed by atoms with van der Waals surface area (Å²) in [6, 6.07) is 20.8. The number of hydrogen-bond donors (Lipinski definition) is 1. The van der Waals surface area contributed by atoms with Gasteiger partial charge in [0, 0.05) is 32.3 Å². The van der Waals surface area contributed by atoms with Crippen molar-refractivity contribution in [2.75, 3.05) is 19.7 Å². The highest BCUT2D eigenvalue weighted by Gasteiger charge is 2.45. The summed E-state index contributed by atoms with van der Waals surface area (Å²) >= 11 is 0. The Morgan fingerprint density at radius 2 is 1.67 bits per heavy atom. The molecule has 1 saturated heterocycles. The molecule has 1 atom stereocenters. The number of piperidine rings is 1. The van der Waals surface area contributed by atoms with E-state index in [0.29, 0.717) is 6.61 Å². The minimum Gasteiger partial charge on any atom is -0.360 e. The van der Waals surface area contributed by atoms with Crippen molar-refractivity contribution in [3.05, 3.63) is 71.8 Å². The summed E-state index contributed by atoms with van der Waals surface area (Å²) in [5.74, 6) is 0.0308. The normalized spacial score (nSPS) is 17.6. The number of rotatable bonds is 9. The first-order valence-corrected chi connectivity index (χ1v) is 11.3. The van der Waals surface area contributed by atoms with E-state index in [1.807, 2.05) is 30.3 Å². The topological polar surface area (TPSA) is 41.6 Å². The van der Waals surface area contributed by atoms with Crippen molar-refractivity contribution in [3.63, 3.8) is 0 Å².